The Labute approximate surface area is 119 Å². The summed E-state index contributed by atoms with van der Waals surface area (Å²) in [6, 6.07) is 14.8. The molecule has 0 atom stereocenters. The highest BCUT2D eigenvalue weighted by molar-refractivity contribution is 5.88. The molecule has 0 saturated carbocycles. The molecule has 5 nitrogen and oxygen atoms in total. The van der Waals surface area contributed by atoms with Crippen LogP contribution < -0.4 is 5.56 Å². The van der Waals surface area contributed by atoms with E-state index in [9.17, 15) is 4.79 Å². The topological polar surface area (TPSA) is 60.7 Å². The van der Waals surface area contributed by atoms with Gasteiger partial charge >= 0.3 is 0 Å². The molecule has 5 heteroatoms. The van der Waals surface area contributed by atoms with Gasteiger partial charge in [0, 0.05) is 10.8 Å². The maximum atomic E-state index is 12.6. The molecule has 1 radical (unpaired) electrons. The van der Waals surface area contributed by atoms with Crippen LogP contribution in [0.3, 0.4) is 0 Å². The van der Waals surface area contributed by atoms with Gasteiger partial charge in [-0.15, -0.1) is 5.10 Å². The van der Waals surface area contributed by atoms with E-state index >= 15 is 0 Å². The molecule has 0 aliphatic heterocycles. The van der Waals surface area contributed by atoms with Gasteiger partial charge in [0.1, 0.15) is 0 Å². The summed E-state index contributed by atoms with van der Waals surface area (Å²) in [6.07, 6.45) is 4.40. The zero-order valence-corrected chi connectivity index (χ0v) is 10.9. The summed E-state index contributed by atoms with van der Waals surface area (Å²) in [7, 11) is 0. The first-order valence-electron chi connectivity index (χ1n) is 6.45. The van der Waals surface area contributed by atoms with Crippen molar-refractivity contribution in [1.82, 2.24) is 19.7 Å². The molecule has 0 aliphatic carbocycles. The molecule has 0 bridgehead atoms. The molecule has 0 fully saturated rings. The summed E-state index contributed by atoms with van der Waals surface area (Å²) in [6.45, 7) is 0. The van der Waals surface area contributed by atoms with Crippen molar-refractivity contribution < 1.29 is 0 Å². The van der Waals surface area contributed by atoms with Crippen molar-refractivity contribution >= 4 is 21.7 Å². The fourth-order valence-electron chi connectivity index (χ4n) is 2.34. The van der Waals surface area contributed by atoms with E-state index in [0.29, 0.717) is 16.7 Å². The minimum atomic E-state index is -0.203. The van der Waals surface area contributed by atoms with Gasteiger partial charge in [-0.25, -0.2) is 9.55 Å². The normalized spacial score (nSPS) is 11.0. The molecule has 4 rings (SSSR count). The maximum absolute atomic E-state index is 12.6. The molecular weight excluding hydrogens is 264 g/mol. The van der Waals surface area contributed by atoms with Crippen LogP contribution in [0.2, 0.25) is 0 Å². The fourth-order valence-corrected chi connectivity index (χ4v) is 2.34. The largest absolute Gasteiger partial charge is 0.268 e. The average Bonchev–Trinajstić information content (AvgIpc) is 2.55. The molecule has 0 aliphatic rings. The smallest absolute Gasteiger partial charge is 0.267 e. The molecule has 2 heterocycles. The van der Waals surface area contributed by atoms with Gasteiger partial charge in [0.15, 0.2) is 12.1 Å². The highest BCUT2D eigenvalue weighted by Gasteiger charge is 2.10. The quantitative estimate of drug-likeness (QED) is 0.533. The predicted molar refractivity (Wildman–Crippen MR) is 79.3 cm³/mol. The first-order chi connectivity index (χ1) is 10.3. The number of hydrogen-bond donors (Lipinski definition) is 0. The average molecular weight is 273 g/mol. The lowest BCUT2D eigenvalue weighted by Crippen LogP contribution is -2.20. The lowest BCUT2D eigenvalue weighted by atomic mass is 10.2. The Morgan fingerprint density at radius 2 is 1.71 bits per heavy atom. The van der Waals surface area contributed by atoms with Gasteiger partial charge in [-0.05, 0) is 12.1 Å². The van der Waals surface area contributed by atoms with E-state index in [1.54, 1.807) is 18.3 Å². The van der Waals surface area contributed by atoms with Crippen molar-refractivity contribution in [3.63, 3.8) is 0 Å². The number of fused-ring (bicyclic) bond motifs is 2. The summed E-state index contributed by atoms with van der Waals surface area (Å²) in [5.41, 5.74) is 0.415. The Kier molecular flexibility index (Phi) is 2.50. The molecule has 0 amide bonds. The van der Waals surface area contributed by atoms with Gasteiger partial charge in [-0.1, -0.05) is 36.4 Å². The van der Waals surface area contributed by atoms with Crippen LogP contribution in [0.4, 0.5) is 0 Å². The third kappa shape index (κ3) is 1.79. The minimum absolute atomic E-state index is 0.203. The molecule has 0 spiro atoms. The lowest BCUT2D eigenvalue weighted by Gasteiger charge is -2.07. The van der Waals surface area contributed by atoms with Gasteiger partial charge < -0.3 is 0 Å². The van der Waals surface area contributed by atoms with Crippen LogP contribution in [0, 0.1) is 6.33 Å². The van der Waals surface area contributed by atoms with E-state index < -0.39 is 0 Å². The van der Waals surface area contributed by atoms with Gasteiger partial charge in [0.2, 0.25) is 0 Å². The molecule has 21 heavy (non-hydrogen) atoms. The van der Waals surface area contributed by atoms with Crippen LogP contribution in [-0.4, -0.2) is 19.7 Å². The monoisotopic (exact) mass is 273 g/mol. The third-order valence-electron chi connectivity index (χ3n) is 3.37. The number of benzene rings is 2. The molecule has 4 aromatic rings. The Hall–Kier alpha value is -3.08. The van der Waals surface area contributed by atoms with Crippen LogP contribution in [0.1, 0.15) is 0 Å². The third-order valence-corrected chi connectivity index (χ3v) is 3.37. The van der Waals surface area contributed by atoms with E-state index in [1.807, 2.05) is 36.4 Å². The molecule has 2 aromatic carbocycles. The summed E-state index contributed by atoms with van der Waals surface area (Å²) in [5.74, 6) is 0.441. The van der Waals surface area contributed by atoms with Gasteiger partial charge in [0.25, 0.3) is 5.56 Å². The molecule has 0 N–H and O–H groups in total. The Bertz CT molecular complexity index is 1020. The van der Waals surface area contributed by atoms with Crippen molar-refractivity contribution in [1.29, 1.82) is 0 Å². The van der Waals surface area contributed by atoms with E-state index in [-0.39, 0.29) is 5.56 Å². The van der Waals surface area contributed by atoms with E-state index in [1.165, 1.54) is 4.57 Å². The minimum Gasteiger partial charge on any atom is -0.268 e. The van der Waals surface area contributed by atoms with E-state index in [2.05, 4.69) is 21.5 Å². The second kappa shape index (κ2) is 4.49. The van der Waals surface area contributed by atoms with E-state index in [0.717, 1.165) is 10.8 Å². The van der Waals surface area contributed by atoms with Crippen LogP contribution >= 0.6 is 0 Å². The van der Waals surface area contributed by atoms with Crippen molar-refractivity contribution in [2.75, 3.05) is 0 Å². The SMILES string of the molecule is O=c1c2ccccc2n[c]n1-c1nncc2ccccc12. The highest BCUT2D eigenvalue weighted by Crippen LogP contribution is 2.17. The molecule has 2 aromatic heterocycles. The zero-order chi connectivity index (χ0) is 14.2. The Morgan fingerprint density at radius 3 is 2.62 bits per heavy atom. The zero-order valence-electron chi connectivity index (χ0n) is 10.9. The number of rotatable bonds is 1. The standard InChI is InChI=1S/C16H9N4O/c21-16-13-7-3-4-8-14(13)17-10-20(16)15-12-6-2-1-5-11(12)9-18-19-15/h1-9H. The fraction of sp³-hybridized carbons (Fsp3) is 0. The summed E-state index contributed by atoms with van der Waals surface area (Å²) in [5, 5.41) is 10.3. The molecule has 0 unspecified atom stereocenters. The van der Waals surface area contributed by atoms with E-state index in [4.69, 9.17) is 0 Å². The number of aromatic nitrogens is 4. The molecule has 99 valence electrons. The van der Waals surface area contributed by atoms with Crippen molar-refractivity contribution in [3.05, 3.63) is 71.4 Å². The van der Waals surface area contributed by atoms with Crippen molar-refractivity contribution in [2.45, 2.75) is 0 Å². The van der Waals surface area contributed by atoms with Crippen LogP contribution in [0.5, 0.6) is 0 Å². The molecular formula is C16H9N4O. The van der Waals surface area contributed by atoms with Crippen LogP contribution in [0.15, 0.2) is 59.5 Å². The maximum Gasteiger partial charge on any atom is 0.267 e. The second-order valence-corrected chi connectivity index (χ2v) is 4.62. The van der Waals surface area contributed by atoms with Crippen LogP contribution in [0.25, 0.3) is 27.5 Å². The van der Waals surface area contributed by atoms with Crippen LogP contribution in [-0.2, 0) is 0 Å². The summed E-state index contributed by atoms with van der Waals surface area (Å²) >= 11 is 0. The van der Waals surface area contributed by atoms with Gasteiger partial charge in [-0.2, -0.15) is 5.10 Å². The lowest BCUT2D eigenvalue weighted by molar-refractivity contribution is 0.876. The van der Waals surface area contributed by atoms with Crippen molar-refractivity contribution in [3.8, 4) is 5.82 Å². The summed E-state index contributed by atoms with van der Waals surface area (Å²) in [4.78, 5) is 16.8. The number of nitrogens with zero attached hydrogens (tertiary/aromatic N) is 4. The Balaban J connectivity index is 2.10. The predicted octanol–water partition coefficient (Wildman–Crippen LogP) is 2.13. The number of hydrogen-bond acceptors (Lipinski definition) is 4. The number of para-hydroxylation sites is 1. The first kappa shape index (κ1) is 11.7. The van der Waals surface area contributed by atoms with Gasteiger partial charge in [0.05, 0.1) is 17.1 Å². The highest BCUT2D eigenvalue weighted by atomic mass is 16.1. The van der Waals surface area contributed by atoms with Crippen molar-refractivity contribution in [2.24, 2.45) is 0 Å². The summed E-state index contributed by atoms with van der Waals surface area (Å²) < 4.78 is 1.32. The second-order valence-electron chi connectivity index (χ2n) is 4.62. The first-order valence-corrected chi connectivity index (χ1v) is 6.45. The Morgan fingerprint density at radius 1 is 0.952 bits per heavy atom. The molecule has 0 saturated heterocycles. The van der Waals surface area contributed by atoms with Gasteiger partial charge in [-0.3, -0.25) is 4.79 Å².